The highest BCUT2D eigenvalue weighted by Gasteiger charge is 2.17. The standard InChI is InChI=1S/C35H62N2/c1-5-9-13-16-18-22-26-33(25-21-17-14-10-6-2)37-30-36-34-28-27-32(29-35(34)37)31(23-19-12-8-4)24-20-15-11-7-3/h27-31,33H,5-26H2,1-4H3. The Kier molecular flexibility index (Phi) is 17.8. The molecule has 1 aromatic carbocycles. The van der Waals surface area contributed by atoms with E-state index in [0.717, 1.165) is 0 Å². The predicted molar refractivity (Wildman–Crippen MR) is 166 cm³/mol. The van der Waals surface area contributed by atoms with Crippen LogP contribution in [0.1, 0.15) is 186 Å². The number of nitrogens with zero attached hydrogens (tertiary/aromatic N) is 2. The van der Waals surface area contributed by atoms with Crippen LogP contribution in [-0.2, 0) is 0 Å². The number of imidazole rings is 1. The lowest BCUT2D eigenvalue weighted by Gasteiger charge is -2.21. The average molecular weight is 511 g/mol. The molecule has 0 saturated heterocycles. The summed E-state index contributed by atoms with van der Waals surface area (Å²) in [4.78, 5) is 4.89. The molecule has 0 aliphatic rings. The van der Waals surface area contributed by atoms with Gasteiger partial charge in [-0.15, -0.1) is 0 Å². The molecule has 0 radical (unpaired) electrons. The molecule has 1 heterocycles. The van der Waals surface area contributed by atoms with Crippen LogP contribution in [0, 0.1) is 0 Å². The smallest absolute Gasteiger partial charge is 0.0960 e. The summed E-state index contributed by atoms with van der Waals surface area (Å²) in [5.41, 5.74) is 4.17. The lowest BCUT2D eigenvalue weighted by Crippen LogP contribution is -2.09. The molecule has 0 spiro atoms. The molecule has 1 aromatic heterocycles. The fourth-order valence-electron chi connectivity index (χ4n) is 6.09. The summed E-state index contributed by atoms with van der Waals surface area (Å²) in [7, 11) is 0. The first-order valence-corrected chi connectivity index (χ1v) is 16.7. The van der Waals surface area contributed by atoms with Gasteiger partial charge in [-0.1, -0.05) is 149 Å². The molecule has 0 aliphatic heterocycles. The van der Waals surface area contributed by atoms with Crippen LogP contribution in [0.3, 0.4) is 0 Å². The Balaban J connectivity index is 2.16. The summed E-state index contributed by atoms with van der Waals surface area (Å²) in [6, 6.07) is 7.88. The highest BCUT2D eigenvalue weighted by molar-refractivity contribution is 5.76. The average Bonchev–Trinajstić information content (AvgIpc) is 3.34. The van der Waals surface area contributed by atoms with E-state index in [4.69, 9.17) is 4.98 Å². The molecule has 2 atom stereocenters. The monoisotopic (exact) mass is 510 g/mol. The lowest BCUT2D eigenvalue weighted by molar-refractivity contribution is 0.401. The van der Waals surface area contributed by atoms with Gasteiger partial charge in [0.15, 0.2) is 0 Å². The molecule has 2 nitrogen and oxygen atoms in total. The second kappa shape index (κ2) is 20.6. The van der Waals surface area contributed by atoms with E-state index in [1.807, 2.05) is 0 Å². The zero-order chi connectivity index (χ0) is 26.6. The maximum atomic E-state index is 4.89. The van der Waals surface area contributed by atoms with Crippen LogP contribution in [0.15, 0.2) is 24.5 Å². The molecule has 0 amide bonds. The number of fused-ring (bicyclic) bond motifs is 1. The molecule has 2 unspecified atom stereocenters. The molecule has 2 rings (SSSR count). The van der Waals surface area contributed by atoms with Gasteiger partial charge in [0.2, 0.25) is 0 Å². The maximum absolute atomic E-state index is 4.89. The molecule has 2 heteroatoms. The Morgan fingerprint density at radius 2 is 1.03 bits per heavy atom. The Morgan fingerprint density at radius 3 is 1.62 bits per heavy atom. The van der Waals surface area contributed by atoms with Crippen molar-refractivity contribution in [2.75, 3.05) is 0 Å². The van der Waals surface area contributed by atoms with Gasteiger partial charge in [0.1, 0.15) is 0 Å². The summed E-state index contributed by atoms with van der Waals surface area (Å²) in [6.07, 6.45) is 32.2. The Bertz CT molecular complexity index is 792. The molecule has 2 aromatic rings. The van der Waals surface area contributed by atoms with Crippen molar-refractivity contribution >= 4 is 11.0 Å². The summed E-state index contributed by atoms with van der Waals surface area (Å²) in [6.45, 7) is 9.27. The van der Waals surface area contributed by atoms with E-state index in [1.165, 1.54) is 152 Å². The third kappa shape index (κ3) is 12.4. The van der Waals surface area contributed by atoms with Crippen molar-refractivity contribution < 1.29 is 0 Å². The van der Waals surface area contributed by atoms with E-state index in [9.17, 15) is 0 Å². The number of unbranched alkanes of at least 4 members (excludes halogenated alkanes) is 14. The SMILES string of the molecule is CCCCCCCCC(CCCCCCC)n1cnc2ccc(C(CCCCC)CCCCCC)cc21. The summed E-state index contributed by atoms with van der Waals surface area (Å²) >= 11 is 0. The Hall–Kier alpha value is -1.31. The third-order valence-electron chi connectivity index (χ3n) is 8.56. The summed E-state index contributed by atoms with van der Waals surface area (Å²) in [5.74, 6) is 0.710. The molecule has 37 heavy (non-hydrogen) atoms. The van der Waals surface area contributed by atoms with Gasteiger partial charge in [-0.05, 0) is 49.3 Å². The van der Waals surface area contributed by atoms with Crippen molar-refractivity contribution in [3.05, 3.63) is 30.1 Å². The fraction of sp³-hybridized carbons (Fsp3) is 0.800. The summed E-state index contributed by atoms with van der Waals surface area (Å²) < 4.78 is 2.59. The molecular formula is C35H62N2. The first-order chi connectivity index (χ1) is 18.2. The minimum atomic E-state index is 0.608. The first kappa shape index (κ1) is 31.9. The normalized spacial score (nSPS) is 13.4. The molecule has 0 bridgehead atoms. The Morgan fingerprint density at radius 1 is 0.568 bits per heavy atom. The van der Waals surface area contributed by atoms with Gasteiger partial charge in [0, 0.05) is 6.04 Å². The molecule has 0 N–H and O–H groups in total. The molecular weight excluding hydrogens is 448 g/mol. The van der Waals surface area contributed by atoms with E-state index >= 15 is 0 Å². The van der Waals surface area contributed by atoms with Crippen molar-refractivity contribution in [2.45, 2.75) is 181 Å². The molecule has 0 fully saturated rings. The molecule has 0 saturated carbocycles. The predicted octanol–water partition coefficient (Wildman–Crippen LogP) is 12.3. The third-order valence-corrected chi connectivity index (χ3v) is 8.56. The zero-order valence-corrected chi connectivity index (χ0v) is 25.4. The fourth-order valence-corrected chi connectivity index (χ4v) is 6.09. The van der Waals surface area contributed by atoms with Gasteiger partial charge in [0.25, 0.3) is 0 Å². The van der Waals surface area contributed by atoms with E-state index in [2.05, 4.69) is 56.8 Å². The van der Waals surface area contributed by atoms with Gasteiger partial charge in [-0.25, -0.2) is 4.98 Å². The number of rotatable bonds is 24. The highest BCUT2D eigenvalue weighted by atomic mass is 15.1. The number of aromatic nitrogens is 2. The molecule has 212 valence electrons. The van der Waals surface area contributed by atoms with Crippen molar-refractivity contribution in [3.63, 3.8) is 0 Å². The minimum Gasteiger partial charge on any atom is -0.327 e. The highest BCUT2D eigenvalue weighted by Crippen LogP contribution is 2.33. The summed E-state index contributed by atoms with van der Waals surface area (Å²) in [5, 5.41) is 0. The van der Waals surface area contributed by atoms with E-state index in [1.54, 1.807) is 5.56 Å². The van der Waals surface area contributed by atoms with Crippen LogP contribution in [0.25, 0.3) is 11.0 Å². The van der Waals surface area contributed by atoms with E-state index in [0.29, 0.717) is 12.0 Å². The van der Waals surface area contributed by atoms with Crippen LogP contribution >= 0.6 is 0 Å². The van der Waals surface area contributed by atoms with Crippen LogP contribution in [0.2, 0.25) is 0 Å². The van der Waals surface area contributed by atoms with Gasteiger partial charge >= 0.3 is 0 Å². The second-order valence-corrected chi connectivity index (χ2v) is 11.9. The second-order valence-electron chi connectivity index (χ2n) is 11.9. The van der Waals surface area contributed by atoms with E-state index < -0.39 is 0 Å². The lowest BCUT2D eigenvalue weighted by atomic mass is 9.88. The number of hydrogen-bond acceptors (Lipinski definition) is 1. The van der Waals surface area contributed by atoms with Crippen molar-refractivity contribution in [2.24, 2.45) is 0 Å². The van der Waals surface area contributed by atoms with Gasteiger partial charge in [0.05, 0.1) is 17.4 Å². The van der Waals surface area contributed by atoms with Crippen molar-refractivity contribution in [3.8, 4) is 0 Å². The van der Waals surface area contributed by atoms with Crippen LogP contribution < -0.4 is 0 Å². The largest absolute Gasteiger partial charge is 0.327 e. The van der Waals surface area contributed by atoms with Crippen LogP contribution in [-0.4, -0.2) is 9.55 Å². The number of benzene rings is 1. The maximum Gasteiger partial charge on any atom is 0.0960 e. The quantitative estimate of drug-likeness (QED) is 0.128. The minimum absolute atomic E-state index is 0.608. The Labute approximate surface area is 231 Å². The van der Waals surface area contributed by atoms with Gasteiger partial charge < -0.3 is 4.57 Å². The van der Waals surface area contributed by atoms with Crippen LogP contribution in [0.5, 0.6) is 0 Å². The van der Waals surface area contributed by atoms with Crippen molar-refractivity contribution in [1.82, 2.24) is 9.55 Å². The van der Waals surface area contributed by atoms with Gasteiger partial charge in [-0.2, -0.15) is 0 Å². The van der Waals surface area contributed by atoms with Crippen LogP contribution in [0.4, 0.5) is 0 Å². The van der Waals surface area contributed by atoms with E-state index in [-0.39, 0.29) is 0 Å². The van der Waals surface area contributed by atoms with Gasteiger partial charge in [-0.3, -0.25) is 0 Å². The number of hydrogen-bond donors (Lipinski definition) is 0. The van der Waals surface area contributed by atoms with Crippen molar-refractivity contribution in [1.29, 1.82) is 0 Å². The molecule has 0 aliphatic carbocycles. The first-order valence-electron chi connectivity index (χ1n) is 16.7. The topological polar surface area (TPSA) is 17.8 Å². The zero-order valence-electron chi connectivity index (χ0n) is 25.4.